The van der Waals surface area contributed by atoms with E-state index in [0.29, 0.717) is 23.1 Å². The first-order valence-corrected chi connectivity index (χ1v) is 7.73. The SMILES string of the molecule is O=C(c1sc2cc(C(F)(F)F)ccc2c1Cl)N1CC[C@H](O)C1. The Morgan fingerprint density at radius 1 is 1.41 bits per heavy atom. The highest BCUT2D eigenvalue weighted by Crippen LogP contribution is 2.39. The highest BCUT2D eigenvalue weighted by Gasteiger charge is 2.32. The fourth-order valence-electron chi connectivity index (χ4n) is 2.45. The lowest BCUT2D eigenvalue weighted by Crippen LogP contribution is -2.29. The van der Waals surface area contributed by atoms with Gasteiger partial charge < -0.3 is 10.0 Å². The Morgan fingerprint density at radius 3 is 2.73 bits per heavy atom. The molecule has 1 aromatic heterocycles. The van der Waals surface area contributed by atoms with Crippen LogP contribution < -0.4 is 0 Å². The zero-order chi connectivity index (χ0) is 16.1. The first kappa shape index (κ1) is 15.6. The summed E-state index contributed by atoms with van der Waals surface area (Å²) >= 11 is 7.10. The van der Waals surface area contributed by atoms with E-state index in [2.05, 4.69) is 0 Å². The lowest BCUT2D eigenvalue weighted by molar-refractivity contribution is -0.137. The number of carbonyl (C=O) groups excluding carboxylic acids is 1. The van der Waals surface area contributed by atoms with Gasteiger partial charge in [-0.2, -0.15) is 13.2 Å². The molecule has 1 atom stereocenters. The van der Waals surface area contributed by atoms with Gasteiger partial charge in [0.25, 0.3) is 5.91 Å². The minimum atomic E-state index is -4.44. The second-order valence-electron chi connectivity index (χ2n) is 5.15. The Kier molecular flexibility index (Phi) is 3.82. The first-order chi connectivity index (χ1) is 10.3. The summed E-state index contributed by atoms with van der Waals surface area (Å²) in [6, 6.07) is 3.24. The molecule has 8 heteroatoms. The molecule has 0 unspecified atom stereocenters. The summed E-state index contributed by atoms with van der Waals surface area (Å²) in [5.74, 6) is -0.351. The number of rotatable bonds is 1. The number of amides is 1. The lowest BCUT2D eigenvalue weighted by Gasteiger charge is -2.14. The average Bonchev–Trinajstić information content (AvgIpc) is 3.01. The summed E-state index contributed by atoms with van der Waals surface area (Å²) < 4.78 is 38.5. The molecular formula is C14H11ClF3NO2S. The first-order valence-electron chi connectivity index (χ1n) is 6.54. The molecule has 22 heavy (non-hydrogen) atoms. The molecule has 0 aliphatic carbocycles. The molecule has 0 spiro atoms. The zero-order valence-corrected chi connectivity index (χ0v) is 12.7. The van der Waals surface area contributed by atoms with Crippen LogP contribution in [0.2, 0.25) is 5.02 Å². The third-order valence-electron chi connectivity index (χ3n) is 3.60. The number of aliphatic hydroxyl groups excluding tert-OH is 1. The van der Waals surface area contributed by atoms with Crippen LogP contribution in [0, 0.1) is 0 Å². The fourth-order valence-corrected chi connectivity index (χ4v) is 3.97. The van der Waals surface area contributed by atoms with Gasteiger partial charge in [-0.05, 0) is 18.6 Å². The van der Waals surface area contributed by atoms with E-state index in [9.17, 15) is 23.1 Å². The Bertz CT molecular complexity index is 743. The highest BCUT2D eigenvalue weighted by atomic mass is 35.5. The normalized spacial score (nSPS) is 19.1. The van der Waals surface area contributed by atoms with E-state index < -0.39 is 17.8 Å². The Labute approximate surface area is 132 Å². The predicted molar refractivity (Wildman–Crippen MR) is 78.4 cm³/mol. The van der Waals surface area contributed by atoms with Crippen LogP contribution in [0.25, 0.3) is 10.1 Å². The Morgan fingerprint density at radius 2 is 2.14 bits per heavy atom. The molecule has 0 bridgehead atoms. The summed E-state index contributed by atoms with van der Waals surface area (Å²) in [4.78, 5) is 14.1. The minimum Gasteiger partial charge on any atom is -0.391 e. The van der Waals surface area contributed by atoms with Crippen molar-refractivity contribution in [2.24, 2.45) is 0 Å². The third-order valence-corrected chi connectivity index (χ3v) is 5.25. The molecule has 1 N–H and O–H groups in total. The standard InChI is InChI=1S/C14H11ClF3NO2S/c15-11-9-2-1-7(14(16,17)18)5-10(9)22-12(11)13(21)19-4-3-8(20)6-19/h1-2,5,8,20H,3-4,6H2/t8-/m0/s1. The molecule has 0 radical (unpaired) electrons. The molecular weight excluding hydrogens is 339 g/mol. The van der Waals surface area contributed by atoms with Crippen LogP contribution in [-0.2, 0) is 6.18 Å². The molecule has 1 amide bonds. The Hall–Kier alpha value is -1.31. The summed E-state index contributed by atoms with van der Waals surface area (Å²) in [6.45, 7) is 0.635. The zero-order valence-electron chi connectivity index (χ0n) is 11.2. The van der Waals surface area contributed by atoms with Crippen LogP contribution >= 0.6 is 22.9 Å². The van der Waals surface area contributed by atoms with E-state index in [-0.39, 0.29) is 22.4 Å². The van der Waals surface area contributed by atoms with Crippen molar-refractivity contribution in [3.05, 3.63) is 33.7 Å². The molecule has 1 saturated heterocycles. The van der Waals surface area contributed by atoms with Gasteiger partial charge in [0.2, 0.25) is 0 Å². The van der Waals surface area contributed by atoms with Crippen LogP contribution in [0.15, 0.2) is 18.2 Å². The largest absolute Gasteiger partial charge is 0.416 e. The average molecular weight is 350 g/mol. The monoisotopic (exact) mass is 349 g/mol. The second kappa shape index (κ2) is 5.40. The smallest absolute Gasteiger partial charge is 0.391 e. The molecule has 3 nitrogen and oxygen atoms in total. The van der Waals surface area contributed by atoms with Gasteiger partial charge in [-0.25, -0.2) is 0 Å². The van der Waals surface area contributed by atoms with Gasteiger partial charge in [0.1, 0.15) is 4.88 Å². The van der Waals surface area contributed by atoms with Crippen LogP contribution in [0.3, 0.4) is 0 Å². The molecule has 0 saturated carbocycles. The predicted octanol–water partition coefficient (Wildman–Crippen LogP) is 3.78. The number of fused-ring (bicyclic) bond motifs is 1. The molecule has 1 aliphatic heterocycles. The summed E-state index contributed by atoms with van der Waals surface area (Å²) in [6.07, 6.45) is -4.51. The topological polar surface area (TPSA) is 40.5 Å². The van der Waals surface area contributed by atoms with E-state index in [1.807, 2.05) is 0 Å². The summed E-state index contributed by atoms with van der Waals surface area (Å²) in [7, 11) is 0. The van der Waals surface area contributed by atoms with Gasteiger partial charge in [0.05, 0.1) is 16.7 Å². The number of alkyl halides is 3. The number of nitrogens with zero attached hydrogens (tertiary/aromatic N) is 1. The number of β-amino-alcohol motifs (C(OH)–C–C–N with tert-alkyl or cyclic N) is 1. The number of halogens is 4. The number of aliphatic hydroxyl groups is 1. The van der Waals surface area contributed by atoms with Gasteiger partial charge in [-0.15, -0.1) is 11.3 Å². The van der Waals surface area contributed by atoms with E-state index in [4.69, 9.17) is 11.6 Å². The Balaban J connectivity index is 2.00. The highest BCUT2D eigenvalue weighted by molar-refractivity contribution is 7.21. The molecule has 118 valence electrons. The maximum atomic E-state index is 12.7. The quantitative estimate of drug-likeness (QED) is 0.851. The second-order valence-corrected chi connectivity index (χ2v) is 6.58. The van der Waals surface area contributed by atoms with Crippen molar-refractivity contribution in [3.8, 4) is 0 Å². The van der Waals surface area contributed by atoms with Gasteiger partial charge in [-0.1, -0.05) is 17.7 Å². The van der Waals surface area contributed by atoms with Gasteiger partial charge in [0.15, 0.2) is 0 Å². The van der Waals surface area contributed by atoms with Crippen LogP contribution in [0.5, 0.6) is 0 Å². The molecule has 1 aromatic carbocycles. The molecule has 2 heterocycles. The van der Waals surface area contributed by atoms with Crippen molar-refractivity contribution in [2.75, 3.05) is 13.1 Å². The number of carbonyl (C=O) groups is 1. The number of benzene rings is 1. The van der Waals surface area contributed by atoms with Crippen molar-refractivity contribution < 1.29 is 23.1 Å². The fraction of sp³-hybridized carbons (Fsp3) is 0.357. The number of hydrogen-bond donors (Lipinski definition) is 1. The maximum Gasteiger partial charge on any atom is 0.416 e. The van der Waals surface area contributed by atoms with Gasteiger partial charge in [-0.3, -0.25) is 4.79 Å². The van der Waals surface area contributed by atoms with E-state index >= 15 is 0 Å². The number of thiophene rings is 1. The van der Waals surface area contributed by atoms with Crippen LogP contribution in [-0.4, -0.2) is 35.1 Å². The van der Waals surface area contributed by atoms with Crippen LogP contribution in [0.1, 0.15) is 21.7 Å². The molecule has 1 fully saturated rings. The van der Waals surface area contributed by atoms with Crippen LogP contribution in [0.4, 0.5) is 13.2 Å². The van der Waals surface area contributed by atoms with Crippen molar-refractivity contribution in [1.82, 2.24) is 4.90 Å². The lowest BCUT2D eigenvalue weighted by atomic mass is 10.1. The molecule has 2 aromatic rings. The molecule has 3 rings (SSSR count). The van der Waals surface area contributed by atoms with Crippen molar-refractivity contribution >= 4 is 38.9 Å². The van der Waals surface area contributed by atoms with Gasteiger partial charge in [0, 0.05) is 23.2 Å². The van der Waals surface area contributed by atoms with Crippen molar-refractivity contribution in [3.63, 3.8) is 0 Å². The number of likely N-dealkylation sites (tertiary alicyclic amines) is 1. The van der Waals surface area contributed by atoms with Crippen molar-refractivity contribution in [2.45, 2.75) is 18.7 Å². The minimum absolute atomic E-state index is 0.167. The van der Waals surface area contributed by atoms with Gasteiger partial charge >= 0.3 is 6.18 Å². The summed E-state index contributed by atoms with van der Waals surface area (Å²) in [5.41, 5.74) is -0.770. The number of hydrogen-bond acceptors (Lipinski definition) is 3. The van der Waals surface area contributed by atoms with E-state index in [0.717, 1.165) is 23.5 Å². The van der Waals surface area contributed by atoms with E-state index in [1.165, 1.54) is 11.0 Å². The van der Waals surface area contributed by atoms with Crippen molar-refractivity contribution in [1.29, 1.82) is 0 Å². The maximum absolute atomic E-state index is 12.7. The van der Waals surface area contributed by atoms with E-state index in [1.54, 1.807) is 0 Å². The molecule has 1 aliphatic rings. The summed E-state index contributed by atoms with van der Waals surface area (Å²) in [5, 5.41) is 10.1. The third kappa shape index (κ3) is 2.68.